The predicted molar refractivity (Wildman–Crippen MR) is 87.5 cm³/mol. The average molecular weight is 348 g/mol. The number of carboxylic acid groups (broad SMARTS) is 1. The molecule has 1 aliphatic carbocycles. The summed E-state index contributed by atoms with van der Waals surface area (Å²) < 4.78 is 10.2. The molecule has 0 bridgehead atoms. The zero-order chi connectivity index (χ0) is 16.9. The Kier molecular flexibility index (Phi) is 4.95. The number of anilines is 1. The number of carbonyl (C=O) groups is 2. The van der Waals surface area contributed by atoms with Crippen molar-refractivity contribution in [2.45, 2.75) is 25.4 Å². The van der Waals surface area contributed by atoms with E-state index in [4.69, 9.17) is 14.6 Å². The van der Waals surface area contributed by atoms with Crippen LogP contribution in [0.3, 0.4) is 0 Å². The predicted octanol–water partition coefficient (Wildman–Crippen LogP) is 3.23. The van der Waals surface area contributed by atoms with Crippen LogP contribution in [-0.2, 0) is 16.0 Å². The fourth-order valence-corrected chi connectivity index (χ4v) is 3.56. The van der Waals surface area contributed by atoms with E-state index in [1.165, 1.54) is 11.3 Å². The van der Waals surface area contributed by atoms with E-state index in [-0.39, 0.29) is 12.5 Å². The molecule has 0 saturated heterocycles. The number of aromatic nitrogens is 1. The Labute approximate surface area is 142 Å². The van der Waals surface area contributed by atoms with E-state index in [2.05, 4.69) is 10.3 Å². The molecule has 7 nitrogen and oxygen atoms in total. The maximum Gasteiger partial charge on any atom is 0.506 e. The molecule has 0 radical (unpaired) electrons. The van der Waals surface area contributed by atoms with Crippen LogP contribution >= 0.6 is 11.3 Å². The van der Waals surface area contributed by atoms with Crippen molar-refractivity contribution in [1.82, 2.24) is 4.98 Å². The Morgan fingerprint density at radius 2 is 2.12 bits per heavy atom. The first-order valence-electron chi connectivity index (χ1n) is 7.48. The number of benzene rings is 1. The Balaban J connectivity index is 1.60. The summed E-state index contributed by atoms with van der Waals surface area (Å²) in [5.74, 6) is 0.293. The van der Waals surface area contributed by atoms with Gasteiger partial charge in [-0.3, -0.25) is 10.1 Å². The summed E-state index contributed by atoms with van der Waals surface area (Å²) >= 11 is 1.34. The number of carbonyl (C=O) groups excluding carboxylic acids is 1. The van der Waals surface area contributed by atoms with Crippen LogP contribution in [0, 0.1) is 0 Å². The monoisotopic (exact) mass is 348 g/mol. The molecule has 24 heavy (non-hydrogen) atoms. The third-order valence-corrected chi connectivity index (χ3v) is 4.55. The van der Waals surface area contributed by atoms with Crippen molar-refractivity contribution >= 4 is 28.5 Å². The minimum absolute atomic E-state index is 0.122. The summed E-state index contributed by atoms with van der Waals surface area (Å²) in [4.78, 5) is 28.0. The summed E-state index contributed by atoms with van der Waals surface area (Å²) in [7, 11) is 0. The van der Waals surface area contributed by atoms with Gasteiger partial charge in [0.15, 0.2) is 11.7 Å². The van der Waals surface area contributed by atoms with E-state index >= 15 is 0 Å². The fraction of sp³-hybridized carbons (Fsp3) is 0.312. The Morgan fingerprint density at radius 1 is 1.33 bits per heavy atom. The maximum atomic E-state index is 12.0. The van der Waals surface area contributed by atoms with Crippen LogP contribution in [-0.4, -0.2) is 28.8 Å². The molecule has 3 rings (SSSR count). The number of fused-ring (bicyclic) bond motifs is 1. The summed E-state index contributed by atoms with van der Waals surface area (Å²) in [5.41, 5.74) is 0.605. The lowest BCUT2D eigenvalue weighted by atomic mass is 10.0. The molecule has 1 unspecified atom stereocenters. The van der Waals surface area contributed by atoms with Crippen molar-refractivity contribution in [3.63, 3.8) is 0 Å². The number of aryl methyl sites for hydroxylation is 1. The van der Waals surface area contributed by atoms with Crippen molar-refractivity contribution in [1.29, 1.82) is 0 Å². The fourth-order valence-electron chi connectivity index (χ4n) is 2.49. The first kappa shape index (κ1) is 16.3. The number of thiazole rings is 1. The minimum atomic E-state index is -1.32. The van der Waals surface area contributed by atoms with E-state index in [1.54, 1.807) is 12.1 Å². The van der Waals surface area contributed by atoms with Crippen molar-refractivity contribution in [2.75, 3.05) is 11.9 Å². The molecule has 0 aliphatic heterocycles. The first-order valence-corrected chi connectivity index (χ1v) is 8.30. The van der Waals surface area contributed by atoms with Gasteiger partial charge in [-0.15, -0.1) is 11.3 Å². The van der Waals surface area contributed by atoms with Crippen molar-refractivity contribution in [2.24, 2.45) is 0 Å². The number of ether oxygens (including phenoxy) is 2. The molecule has 1 aliphatic rings. The van der Waals surface area contributed by atoms with Crippen LogP contribution in [0.25, 0.3) is 0 Å². The zero-order valence-corrected chi connectivity index (χ0v) is 13.5. The van der Waals surface area contributed by atoms with Gasteiger partial charge in [-0.05, 0) is 31.4 Å². The lowest BCUT2D eigenvalue weighted by molar-refractivity contribution is -0.118. The van der Waals surface area contributed by atoms with E-state index in [1.807, 2.05) is 18.2 Å². The third-order valence-electron chi connectivity index (χ3n) is 3.51. The van der Waals surface area contributed by atoms with E-state index in [0.29, 0.717) is 23.0 Å². The number of nitrogens with one attached hydrogen (secondary N) is 1. The van der Waals surface area contributed by atoms with Gasteiger partial charge in [-0.2, -0.15) is 0 Å². The number of para-hydroxylation sites is 1. The average Bonchev–Trinajstić information content (AvgIpc) is 2.97. The smallest absolute Gasteiger partial charge is 0.484 e. The minimum Gasteiger partial charge on any atom is -0.484 e. The van der Waals surface area contributed by atoms with Crippen LogP contribution in [0.1, 0.15) is 29.5 Å². The van der Waals surface area contributed by atoms with Crippen LogP contribution in [0.2, 0.25) is 0 Å². The molecule has 1 atom stereocenters. The molecule has 0 fully saturated rings. The van der Waals surface area contributed by atoms with Gasteiger partial charge in [0.1, 0.15) is 11.9 Å². The van der Waals surface area contributed by atoms with Gasteiger partial charge in [0.25, 0.3) is 5.91 Å². The SMILES string of the molecule is O=C(COc1ccccc1)Nc1nc2c(s1)CCCC2OC(=O)O. The number of rotatable bonds is 5. The molecule has 126 valence electrons. The van der Waals surface area contributed by atoms with E-state index in [9.17, 15) is 9.59 Å². The van der Waals surface area contributed by atoms with Gasteiger partial charge in [-0.1, -0.05) is 18.2 Å². The molecule has 1 aromatic heterocycles. The Morgan fingerprint density at radius 3 is 2.88 bits per heavy atom. The van der Waals surface area contributed by atoms with Gasteiger partial charge in [0.05, 0.1) is 5.69 Å². The first-order chi connectivity index (χ1) is 11.6. The summed E-state index contributed by atoms with van der Waals surface area (Å²) in [5, 5.41) is 11.9. The largest absolute Gasteiger partial charge is 0.506 e. The van der Waals surface area contributed by atoms with E-state index < -0.39 is 12.3 Å². The molecule has 8 heteroatoms. The molecule has 1 heterocycles. The van der Waals surface area contributed by atoms with Gasteiger partial charge < -0.3 is 14.6 Å². The number of hydrogen-bond donors (Lipinski definition) is 2. The third kappa shape index (κ3) is 4.02. The van der Waals surface area contributed by atoms with Crippen LogP contribution in [0.5, 0.6) is 5.75 Å². The van der Waals surface area contributed by atoms with Crippen LogP contribution in [0.15, 0.2) is 30.3 Å². The van der Waals surface area contributed by atoms with Gasteiger partial charge in [-0.25, -0.2) is 9.78 Å². The summed E-state index contributed by atoms with van der Waals surface area (Å²) in [6.07, 6.45) is 0.366. The molecule has 0 spiro atoms. The highest BCUT2D eigenvalue weighted by molar-refractivity contribution is 7.15. The highest BCUT2D eigenvalue weighted by Crippen LogP contribution is 2.37. The molecule has 2 aromatic rings. The van der Waals surface area contributed by atoms with Gasteiger partial charge >= 0.3 is 6.16 Å². The standard InChI is InChI=1S/C16H16N2O5S/c19-13(9-22-10-5-2-1-3-6-10)17-15-18-14-11(23-16(20)21)7-4-8-12(14)24-15/h1-3,5-6,11H,4,7-9H2,(H,20,21)(H,17,18,19). The molecule has 1 amide bonds. The second-order valence-corrected chi connectivity index (χ2v) is 6.33. The van der Waals surface area contributed by atoms with Crippen LogP contribution in [0.4, 0.5) is 9.93 Å². The quantitative estimate of drug-likeness (QED) is 0.805. The highest BCUT2D eigenvalue weighted by atomic mass is 32.1. The maximum absolute atomic E-state index is 12.0. The number of nitrogens with zero attached hydrogens (tertiary/aromatic N) is 1. The molecular weight excluding hydrogens is 332 g/mol. The van der Waals surface area contributed by atoms with Crippen molar-refractivity contribution in [3.05, 3.63) is 40.9 Å². The second kappa shape index (κ2) is 7.31. The topological polar surface area (TPSA) is 97.8 Å². The van der Waals surface area contributed by atoms with Gasteiger partial charge in [0.2, 0.25) is 0 Å². The second-order valence-electron chi connectivity index (χ2n) is 5.24. The molecule has 1 aromatic carbocycles. The summed E-state index contributed by atoms with van der Waals surface area (Å²) in [6.45, 7) is -0.122. The highest BCUT2D eigenvalue weighted by Gasteiger charge is 2.28. The Bertz CT molecular complexity index is 731. The zero-order valence-electron chi connectivity index (χ0n) is 12.7. The van der Waals surface area contributed by atoms with Gasteiger partial charge in [0, 0.05) is 4.88 Å². The molecule has 2 N–H and O–H groups in total. The van der Waals surface area contributed by atoms with Crippen molar-refractivity contribution < 1.29 is 24.2 Å². The molecular formula is C16H16N2O5S. The van der Waals surface area contributed by atoms with Crippen molar-refractivity contribution in [3.8, 4) is 5.75 Å². The summed E-state index contributed by atoms with van der Waals surface area (Å²) in [6, 6.07) is 9.05. The lowest BCUT2D eigenvalue weighted by Crippen LogP contribution is -2.20. The lowest BCUT2D eigenvalue weighted by Gasteiger charge is -2.19. The number of amides is 1. The van der Waals surface area contributed by atoms with E-state index in [0.717, 1.165) is 17.7 Å². The normalized spacial score (nSPS) is 16.1. The number of hydrogen-bond acceptors (Lipinski definition) is 6. The Hall–Kier alpha value is -2.61. The molecule has 0 saturated carbocycles. The van der Waals surface area contributed by atoms with Crippen LogP contribution < -0.4 is 10.1 Å².